The fraction of sp³-hybridized carbons (Fsp3) is 0.889. The molecule has 1 heterocycles. The van der Waals surface area contributed by atoms with Crippen molar-refractivity contribution < 1.29 is 9.00 Å². The molecule has 0 bridgehead atoms. The third-order valence-electron chi connectivity index (χ3n) is 2.32. The lowest BCUT2D eigenvalue weighted by atomic mass is 10.1. The van der Waals surface area contributed by atoms with Gasteiger partial charge in [0.15, 0.2) is 0 Å². The molecule has 2 N–H and O–H groups in total. The predicted molar refractivity (Wildman–Crippen MR) is 57.6 cm³/mol. The molecule has 1 fully saturated rings. The van der Waals surface area contributed by atoms with E-state index in [1.807, 2.05) is 0 Å². The van der Waals surface area contributed by atoms with Gasteiger partial charge in [0, 0.05) is 48.4 Å². The Bertz CT molecular complexity index is 211. The van der Waals surface area contributed by atoms with Crippen LogP contribution in [0.4, 0.5) is 0 Å². The number of hydrogen-bond acceptors (Lipinski definition) is 3. The van der Waals surface area contributed by atoms with Crippen molar-refractivity contribution in [3.05, 3.63) is 0 Å². The van der Waals surface area contributed by atoms with Gasteiger partial charge in [0.1, 0.15) is 0 Å². The van der Waals surface area contributed by atoms with Gasteiger partial charge in [-0.3, -0.25) is 9.00 Å². The maximum absolute atomic E-state index is 11.1. The van der Waals surface area contributed by atoms with Crippen LogP contribution in [0.25, 0.3) is 0 Å². The first-order valence-electron chi connectivity index (χ1n) is 5.01. The molecule has 0 aromatic rings. The van der Waals surface area contributed by atoms with E-state index < -0.39 is 10.8 Å². The zero-order valence-electron chi connectivity index (χ0n) is 8.54. The number of rotatable bonds is 4. The van der Waals surface area contributed by atoms with Gasteiger partial charge in [-0.25, -0.2) is 0 Å². The highest BCUT2D eigenvalue weighted by Crippen LogP contribution is 2.08. The van der Waals surface area contributed by atoms with E-state index in [0.29, 0.717) is 12.6 Å². The van der Waals surface area contributed by atoms with Crippen LogP contribution in [0.2, 0.25) is 0 Å². The molecule has 0 aromatic carbocycles. The van der Waals surface area contributed by atoms with Crippen LogP contribution in [-0.4, -0.2) is 40.8 Å². The van der Waals surface area contributed by atoms with E-state index in [2.05, 4.69) is 10.6 Å². The predicted octanol–water partition coefficient (Wildman–Crippen LogP) is -0.377. The lowest BCUT2D eigenvalue weighted by Gasteiger charge is -2.22. The van der Waals surface area contributed by atoms with E-state index in [1.54, 1.807) is 0 Å². The summed E-state index contributed by atoms with van der Waals surface area (Å²) in [7, 11) is -0.585. The fourth-order valence-electron chi connectivity index (χ4n) is 1.51. The molecule has 1 rings (SSSR count). The molecule has 0 aliphatic carbocycles. The minimum absolute atomic E-state index is 0.0107. The Labute approximate surface area is 87.3 Å². The first kappa shape index (κ1) is 11.7. The summed E-state index contributed by atoms with van der Waals surface area (Å²) in [4.78, 5) is 10.6. The maximum Gasteiger partial charge on any atom is 0.216 e. The summed E-state index contributed by atoms with van der Waals surface area (Å²) in [6, 6.07) is 0.487. The molecule has 4 nitrogen and oxygen atoms in total. The quantitative estimate of drug-likeness (QED) is 0.633. The molecular formula is C9H18N2O2S. The lowest BCUT2D eigenvalue weighted by Crippen LogP contribution is -2.39. The molecule has 1 amide bonds. The monoisotopic (exact) mass is 218 g/mol. The summed E-state index contributed by atoms with van der Waals surface area (Å²) >= 11 is 0. The van der Waals surface area contributed by atoms with Gasteiger partial charge in [-0.1, -0.05) is 0 Å². The van der Waals surface area contributed by atoms with Gasteiger partial charge in [0.2, 0.25) is 5.91 Å². The molecule has 0 aromatic heterocycles. The second-order valence-electron chi connectivity index (χ2n) is 3.56. The van der Waals surface area contributed by atoms with Gasteiger partial charge in [-0.15, -0.1) is 0 Å². The number of amides is 1. The number of carbonyl (C=O) groups excluding carboxylic acids is 1. The van der Waals surface area contributed by atoms with Gasteiger partial charge < -0.3 is 10.6 Å². The third-order valence-corrected chi connectivity index (χ3v) is 3.70. The molecular weight excluding hydrogens is 200 g/mol. The number of hydrogen-bond donors (Lipinski definition) is 2. The maximum atomic E-state index is 11.1. The Kier molecular flexibility index (Phi) is 5.11. The Morgan fingerprint density at radius 1 is 1.36 bits per heavy atom. The first-order valence-corrected chi connectivity index (χ1v) is 6.50. The van der Waals surface area contributed by atoms with Crippen LogP contribution in [0.15, 0.2) is 0 Å². The summed E-state index contributed by atoms with van der Waals surface area (Å²) < 4.78 is 11.1. The Morgan fingerprint density at radius 2 is 2.00 bits per heavy atom. The first-order chi connectivity index (χ1) is 6.68. The van der Waals surface area contributed by atoms with Crippen molar-refractivity contribution in [3.8, 4) is 0 Å². The van der Waals surface area contributed by atoms with Crippen molar-refractivity contribution in [2.45, 2.75) is 25.8 Å². The highest BCUT2D eigenvalue weighted by atomic mass is 32.2. The van der Waals surface area contributed by atoms with E-state index in [9.17, 15) is 9.00 Å². The fourth-order valence-corrected chi connectivity index (χ4v) is 2.81. The molecule has 1 aliphatic heterocycles. The van der Waals surface area contributed by atoms with Crippen molar-refractivity contribution in [1.29, 1.82) is 0 Å². The van der Waals surface area contributed by atoms with Crippen molar-refractivity contribution >= 4 is 16.7 Å². The van der Waals surface area contributed by atoms with E-state index in [4.69, 9.17) is 0 Å². The summed E-state index contributed by atoms with van der Waals surface area (Å²) in [6.45, 7) is 3.00. The minimum Gasteiger partial charge on any atom is -0.355 e. The molecule has 0 spiro atoms. The van der Waals surface area contributed by atoms with Crippen molar-refractivity contribution in [1.82, 2.24) is 10.6 Å². The van der Waals surface area contributed by atoms with Crippen molar-refractivity contribution in [2.24, 2.45) is 0 Å². The average molecular weight is 218 g/mol. The van der Waals surface area contributed by atoms with Gasteiger partial charge in [-0.05, 0) is 12.8 Å². The van der Waals surface area contributed by atoms with Crippen LogP contribution in [0.3, 0.4) is 0 Å². The average Bonchev–Trinajstić information content (AvgIpc) is 2.15. The van der Waals surface area contributed by atoms with Crippen LogP contribution in [0.1, 0.15) is 19.8 Å². The van der Waals surface area contributed by atoms with Crippen molar-refractivity contribution in [3.63, 3.8) is 0 Å². The van der Waals surface area contributed by atoms with Gasteiger partial charge in [0.05, 0.1) is 0 Å². The smallest absolute Gasteiger partial charge is 0.216 e. The van der Waals surface area contributed by atoms with E-state index in [1.165, 1.54) is 6.92 Å². The van der Waals surface area contributed by atoms with Crippen LogP contribution in [-0.2, 0) is 15.6 Å². The topological polar surface area (TPSA) is 58.2 Å². The Morgan fingerprint density at radius 3 is 2.57 bits per heavy atom. The van der Waals surface area contributed by atoms with Gasteiger partial charge in [0.25, 0.3) is 0 Å². The summed E-state index contributed by atoms with van der Waals surface area (Å²) in [5.74, 6) is 1.65. The highest BCUT2D eigenvalue weighted by Gasteiger charge is 2.16. The molecule has 0 saturated carbocycles. The number of carbonyl (C=O) groups is 1. The molecule has 14 heavy (non-hydrogen) atoms. The molecule has 82 valence electrons. The third kappa shape index (κ3) is 4.72. The molecule has 0 radical (unpaired) electrons. The van der Waals surface area contributed by atoms with E-state index in [-0.39, 0.29) is 5.91 Å². The largest absolute Gasteiger partial charge is 0.355 e. The summed E-state index contributed by atoms with van der Waals surface area (Å²) in [5.41, 5.74) is 0. The zero-order chi connectivity index (χ0) is 10.4. The SMILES string of the molecule is CC(=O)NCCNC1CCS(=O)CC1. The van der Waals surface area contributed by atoms with Crippen LogP contribution in [0, 0.1) is 0 Å². The summed E-state index contributed by atoms with van der Waals surface area (Å²) in [5, 5.41) is 6.08. The minimum atomic E-state index is -0.585. The Balaban J connectivity index is 2.02. The van der Waals surface area contributed by atoms with Crippen LogP contribution in [0.5, 0.6) is 0 Å². The molecule has 1 aliphatic rings. The highest BCUT2D eigenvalue weighted by molar-refractivity contribution is 7.85. The van der Waals surface area contributed by atoms with Gasteiger partial charge >= 0.3 is 0 Å². The molecule has 5 heteroatoms. The number of nitrogens with one attached hydrogen (secondary N) is 2. The molecule has 0 atom stereocenters. The van der Waals surface area contributed by atoms with E-state index >= 15 is 0 Å². The second-order valence-corrected chi connectivity index (χ2v) is 5.26. The van der Waals surface area contributed by atoms with Crippen LogP contribution >= 0.6 is 0 Å². The van der Waals surface area contributed by atoms with Gasteiger partial charge in [-0.2, -0.15) is 0 Å². The zero-order valence-corrected chi connectivity index (χ0v) is 9.36. The van der Waals surface area contributed by atoms with Crippen molar-refractivity contribution in [2.75, 3.05) is 24.6 Å². The normalized spacial score (nSPS) is 27.2. The Hall–Kier alpha value is -0.420. The second kappa shape index (κ2) is 6.14. The van der Waals surface area contributed by atoms with E-state index in [0.717, 1.165) is 30.9 Å². The summed E-state index contributed by atoms with van der Waals surface area (Å²) in [6.07, 6.45) is 1.99. The molecule has 1 saturated heterocycles. The van der Waals surface area contributed by atoms with Crippen LogP contribution < -0.4 is 10.6 Å². The standard InChI is InChI=1S/C9H18N2O2S/c1-8(12)10-4-5-11-9-2-6-14(13)7-3-9/h9,11H,2-7H2,1H3,(H,10,12). The lowest BCUT2D eigenvalue weighted by molar-refractivity contribution is -0.118. The molecule has 0 unspecified atom stereocenters.